The van der Waals surface area contributed by atoms with Crippen LogP contribution < -0.4 is 5.32 Å². The molecule has 2 aromatic rings. The van der Waals surface area contributed by atoms with Crippen molar-refractivity contribution in [2.75, 3.05) is 6.61 Å². The van der Waals surface area contributed by atoms with Crippen LogP contribution in [0.2, 0.25) is 0 Å². The number of hydrogen-bond acceptors (Lipinski definition) is 4. The molecule has 1 aliphatic carbocycles. The van der Waals surface area contributed by atoms with Gasteiger partial charge in [-0.15, -0.1) is 0 Å². The summed E-state index contributed by atoms with van der Waals surface area (Å²) in [6.45, 7) is 11.1. The normalized spacial score (nSPS) is 21.6. The van der Waals surface area contributed by atoms with Crippen molar-refractivity contribution >= 4 is 16.9 Å². The Bertz CT molecular complexity index is 870. The molecule has 2 unspecified atom stereocenters. The van der Waals surface area contributed by atoms with Crippen LogP contribution in [-0.2, 0) is 10.3 Å². The predicted octanol–water partition coefficient (Wildman–Crippen LogP) is 3.67. The maximum atomic E-state index is 13.2. The summed E-state index contributed by atoms with van der Waals surface area (Å²) in [5.41, 5.74) is 3.19. The summed E-state index contributed by atoms with van der Waals surface area (Å²) in [5, 5.41) is 8.76. The van der Waals surface area contributed by atoms with Gasteiger partial charge in [-0.05, 0) is 66.4 Å². The fourth-order valence-corrected chi connectivity index (χ4v) is 3.92. The van der Waals surface area contributed by atoms with Gasteiger partial charge in [0.05, 0.1) is 34.3 Å². The average Bonchev–Trinajstić information content (AvgIpc) is 3.18. The van der Waals surface area contributed by atoms with Crippen molar-refractivity contribution in [3.63, 3.8) is 0 Å². The van der Waals surface area contributed by atoms with Gasteiger partial charge in [0.25, 0.3) is 5.91 Å². The number of rotatable bonds is 4. The Morgan fingerprint density at radius 1 is 1.33 bits per heavy atom. The second-order valence-corrected chi connectivity index (χ2v) is 9.05. The average molecular weight is 370 g/mol. The number of carbonyl (C=O) groups is 1. The highest BCUT2D eigenvalue weighted by atomic mass is 16.5. The minimum atomic E-state index is -0.194. The van der Waals surface area contributed by atoms with Crippen LogP contribution in [0.4, 0.5) is 0 Å². The van der Waals surface area contributed by atoms with E-state index in [0.717, 1.165) is 54.7 Å². The third-order valence-electron chi connectivity index (χ3n) is 5.59. The number of nitrogens with zero attached hydrogens (tertiary/aromatic N) is 3. The first kappa shape index (κ1) is 18.4. The zero-order chi connectivity index (χ0) is 19.3. The number of aromatic nitrogens is 3. The van der Waals surface area contributed by atoms with Crippen LogP contribution in [-0.4, -0.2) is 39.4 Å². The third-order valence-corrected chi connectivity index (χ3v) is 5.59. The summed E-state index contributed by atoms with van der Waals surface area (Å²) in [7, 11) is 0. The Morgan fingerprint density at radius 2 is 2.07 bits per heavy atom. The maximum absolute atomic E-state index is 13.2. The molecule has 1 N–H and O–H groups in total. The highest BCUT2D eigenvalue weighted by molar-refractivity contribution is 6.06. The van der Waals surface area contributed by atoms with E-state index in [1.165, 1.54) is 0 Å². The van der Waals surface area contributed by atoms with E-state index in [2.05, 4.69) is 26.1 Å². The molecule has 0 bridgehead atoms. The van der Waals surface area contributed by atoms with Gasteiger partial charge in [0, 0.05) is 18.2 Å². The Morgan fingerprint density at radius 3 is 2.67 bits per heavy atom. The van der Waals surface area contributed by atoms with E-state index in [9.17, 15) is 4.79 Å². The molecule has 4 rings (SSSR count). The van der Waals surface area contributed by atoms with Crippen LogP contribution in [0.5, 0.6) is 0 Å². The Balaban J connectivity index is 1.76. The molecule has 6 heteroatoms. The number of hydrogen-bond donors (Lipinski definition) is 1. The molecule has 2 aliphatic rings. The van der Waals surface area contributed by atoms with Gasteiger partial charge in [0.15, 0.2) is 5.65 Å². The number of ether oxygens (including phenoxy) is 1. The molecule has 1 aliphatic heterocycles. The first-order valence-electron chi connectivity index (χ1n) is 10.1. The van der Waals surface area contributed by atoms with Crippen LogP contribution in [0, 0.1) is 6.92 Å². The lowest BCUT2D eigenvalue weighted by Crippen LogP contribution is -2.41. The Hall–Kier alpha value is -1.95. The maximum Gasteiger partial charge on any atom is 0.252 e. The van der Waals surface area contributed by atoms with Gasteiger partial charge in [-0.3, -0.25) is 4.79 Å². The molecule has 1 saturated carbocycles. The van der Waals surface area contributed by atoms with E-state index in [0.29, 0.717) is 11.5 Å². The molecule has 3 heterocycles. The summed E-state index contributed by atoms with van der Waals surface area (Å²) in [6, 6.07) is 1.98. The molecule has 2 aromatic heterocycles. The van der Waals surface area contributed by atoms with Crippen molar-refractivity contribution in [1.82, 2.24) is 20.1 Å². The smallest absolute Gasteiger partial charge is 0.252 e. The highest BCUT2D eigenvalue weighted by Gasteiger charge is 2.31. The summed E-state index contributed by atoms with van der Waals surface area (Å²) in [6.07, 6.45) is 4.46. The van der Waals surface area contributed by atoms with E-state index < -0.39 is 0 Å². The third kappa shape index (κ3) is 3.47. The largest absolute Gasteiger partial charge is 0.376 e. The van der Waals surface area contributed by atoms with Crippen molar-refractivity contribution < 1.29 is 9.53 Å². The molecular weight excluding hydrogens is 340 g/mol. The summed E-state index contributed by atoms with van der Waals surface area (Å²) < 4.78 is 7.70. The lowest BCUT2D eigenvalue weighted by Gasteiger charge is -2.21. The quantitative estimate of drug-likeness (QED) is 0.891. The fraction of sp³-hybridized carbons (Fsp3) is 0.667. The first-order valence-corrected chi connectivity index (χ1v) is 10.1. The lowest BCUT2D eigenvalue weighted by atomic mass is 10.0. The molecule has 0 spiro atoms. The van der Waals surface area contributed by atoms with Crippen LogP contribution in [0.1, 0.15) is 81.0 Å². The molecule has 27 heavy (non-hydrogen) atoms. The lowest BCUT2D eigenvalue weighted by molar-refractivity contribution is 0.0713. The van der Waals surface area contributed by atoms with Gasteiger partial charge >= 0.3 is 0 Å². The van der Waals surface area contributed by atoms with Gasteiger partial charge in [-0.1, -0.05) is 0 Å². The summed E-state index contributed by atoms with van der Waals surface area (Å²) in [5.74, 6) is 0.420. The number of fused-ring (bicyclic) bond motifs is 1. The molecule has 2 fully saturated rings. The molecule has 1 amide bonds. The number of nitrogens with one attached hydrogen (secondary N) is 1. The highest BCUT2D eigenvalue weighted by Crippen LogP contribution is 2.41. The van der Waals surface area contributed by atoms with Crippen LogP contribution in [0.3, 0.4) is 0 Å². The summed E-state index contributed by atoms with van der Waals surface area (Å²) >= 11 is 0. The van der Waals surface area contributed by atoms with E-state index >= 15 is 0 Å². The molecule has 0 aromatic carbocycles. The first-order chi connectivity index (χ1) is 12.8. The second-order valence-electron chi connectivity index (χ2n) is 9.05. The van der Waals surface area contributed by atoms with E-state index in [1.54, 1.807) is 0 Å². The monoisotopic (exact) mass is 370 g/mol. The minimum Gasteiger partial charge on any atom is -0.376 e. The van der Waals surface area contributed by atoms with Gasteiger partial charge in [-0.25, -0.2) is 9.67 Å². The molecule has 146 valence electrons. The van der Waals surface area contributed by atoms with Crippen molar-refractivity contribution in [2.45, 2.75) is 83.9 Å². The van der Waals surface area contributed by atoms with Crippen molar-refractivity contribution in [1.29, 1.82) is 0 Å². The van der Waals surface area contributed by atoms with Gasteiger partial charge in [-0.2, -0.15) is 5.10 Å². The minimum absolute atomic E-state index is 0.00874. The van der Waals surface area contributed by atoms with Crippen molar-refractivity contribution in [3.8, 4) is 0 Å². The van der Waals surface area contributed by atoms with Crippen LogP contribution in [0.15, 0.2) is 6.07 Å². The van der Waals surface area contributed by atoms with Gasteiger partial charge < -0.3 is 10.1 Å². The molecule has 6 nitrogen and oxygen atoms in total. The van der Waals surface area contributed by atoms with Crippen LogP contribution in [0.25, 0.3) is 11.0 Å². The predicted molar refractivity (Wildman–Crippen MR) is 105 cm³/mol. The van der Waals surface area contributed by atoms with Crippen molar-refractivity contribution in [2.24, 2.45) is 0 Å². The van der Waals surface area contributed by atoms with E-state index in [4.69, 9.17) is 14.8 Å². The zero-order valence-electron chi connectivity index (χ0n) is 17.0. The van der Waals surface area contributed by atoms with Crippen LogP contribution >= 0.6 is 0 Å². The van der Waals surface area contributed by atoms with Gasteiger partial charge in [0.2, 0.25) is 0 Å². The number of aryl methyl sites for hydroxylation is 1. The summed E-state index contributed by atoms with van der Waals surface area (Å²) in [4.78, 5) is 18.1. The second kappa shape index (κ2) is 6.59. The van der Waals surface area contributed by atoms with E-state index in [-0.39, 0.29) is 23.6 Å². The number of carbonyl (C=O) groups excluding carboxylic acids is 1. The molecule has 2 atom stereocenters. The standard InChI is InChI=1S/C21H30N4O2/c1-12(17-7-6-10-27-17)22-20(26)15-11-16(14-8-9-14)23-19-18(15)13(2)24-25(19)21(3,4)5/h11-12,14,17H,6-10H2,1-5H3,(H,22,26). The Kier molecular flexibility index (Phi) is 4.49. The molecule has 1 saturated heterocycles. The fourth-order valence-electron chi connectivity index (χ4n) is 3.92. The Labute approximate surface area is 160 Å². The molecular formula is C21H30N4O2. The van der Waals surface area contributed by atoms with Crippen molar-refractivity contribution in [3.05, 3.63) is 23.0 Å². The molecule has 0 radical (unpaired) electrons. The number of amides is 1. The SMILES string of the molecule is Cc1nn(C(C)(C)C)c2nc(C3CC3)cc(C(=O)NC(C)C3CCCO3)c12. The number of pyridine rings is 1. The van der Waals surface area contributed by atoms with Gasteiger partial charge in [0.1, 0.15) is 0 Å². The van der Waals surface area contributed by atoms with E-state index in [1.807, 2.05) is 24.6 Å². The topological polar surface area (TPSA) is 69.0 Å². The zero-order valence-corrected chi connectivity index (χ0v) is 17.0.